The summed E-state index contributed by atoms with van der Waals surface area (Å²) in [5.41, 5.74) is 2.77. The summed E-state index contributed by atoms with van der Waals surface area (Å²) in [6.07, 6.45) is 2.65. The molecule has 2 nitrogen and oxygen atoms in total. The van der Waals surface area contributed by atoms with Gasteiger partial charge in [0.05, 0.1) is 18.8 Å². The standard InChI is InChI=1S/C14H21NO/c1-3-4-12-5-7-13(8-6-12)14-11(2)16-10-9-15-14/h5-8,11,14-15H,3-4,9-10H2,1-2H3. The summed E-state index contributed by atoms with van der Waals surface area (Å²) >= 11 is 0. The molecular formula is C14H21NO. The van der Waals surface area contributed by atoms with E-state index in [1.165, 1.54) is 24.0 Å². The average molecular weight is 219 g/mol. The normalized spacial score (nSPS) is 25.6. The minimum Gasteiger partial charge on any atom is -0.375 e. The molecule has 0 aromatic heterocycles. The molecule has 0 saturated carbocycles. The topological polar surface area (TPSA) is 21.3 Å². The van der Waals surface area contributed by atoms with E-state index in [-0.39, 0.29) is 6.10 Å². The number of ether oxygens (including phenoxy) is 1. The lowest BCUT2D eigenvalue weighted by Crippen LogP contribution is -2.40. The molecule has 0 aliphatic carbocycles. The highest BCUT2D eigenvalue weighted by molar-refractivity contribution is 5.26. The number of hydrogen-bond donors (Lipinski definition) is 1. The first-order chi connectivity index (χ1) is 7.81. The third-order valence-electron chi connectivity index (χ3n) is 3.19. The van der Waals surface area contributed by atoms with Gasteiger partial charge in [0.2, 0.25) is 0 Å². The van der Waals surface area contributed by atoms with Gasteiger partial charge in [-0.1, -0.05) is 37.6 Å². The molecule has 2 atom stereocenters. The van der Waals surface area contributed by atoms with Crippen molar-refractivity contribution < 1.29 is 4.74 Å². The van der Waals surface area contributed by atoms with Crippen LogP contribution in [0.5, 0.6) is 0 Å². The minimum absolute atomic E-state index is 0.269. The van der Waals surface area contributed by atoms with E-state index < -0.39 is 0 Å². The van der Waals surface area contributed by atoms with Crippen LogP contribution in [-0.2, 0) is 11.2 Å². The van der Waals surface area contributed by atoms with Gasteiger partial charge in [-0.15, -0.1) is 0 Å². The molecule has 2 heteroatoms. The molecule has 1 aliphatic heterocycles. The highest BCUT2D eigenvalue weighted by Crippen LogP contribution is 2.22. The molecular weight excluding hydrogens is 198 g/mol. The maximum absolute atomic E-state index is 5.66. The first-order valence-corrected chi connectivity index (χ1v) is 6.25. The van der Waals surface area contributed by atoms with E-state index in [2.05, 4.69) is 43.4 Å². The Hall–Kier alpha value is -0.860. The van der Waals surface area contributed by atoms with E-state index in [1.807, 2.05) is 0 Å². The Morgan fingerprint density at radius 2 is 2.06 bits per heavy atom. The van der Waals surface area contributed by atoms with Crippen molar-refractivity contribution in [2.24, 2.45) is 0 Å². The molecule has 1 aromatic rings. The Morgan fingerprint density at radius 1 is 1.31 bits per heavy atom. The molecule has 0 amide bonds. The van der Waals surface area contributed by atoms with Crippen molar-refractivity contribution >= 4 is 0 Å². The Kier molecular flexibility index (Phi) is 3.97. The molecule has 2 unspecified atom stereocenters. The second-order valence-corrected chi connectivity index (χ2v) is 4.50. The van der Waals surface area contributed by atoms with Gasteiger partial charge in [-0.25, -0.2) is 0 Å². The monoisotopic (exact) mass is 219 g/mol. The zero-order valence-electron chi connectivity index (χ0n) is 10.2. The highest BCUT2D eigenvalue weighted by Gasteiger charge is 2.22. The summed E-state index contributed by atoms with van der Waals surface area (Å²) in [5, 5.41) is 3.51. The van der Waals surface area contributed by atoms with Crippen molar-refractivity contribution in [1.82, 2.24) is 5.32 Å². The molecule has 88 valence electrons. The number of morpholine rings is 1. The SMILES string of the molecule is CCCc1ccc(C2NCCOC2C)cc1. The molecule has 0 bridgehead atoms. The van der Waals surface area contributed by atoms with Gasteiger partial charge in [0, 0.05) is 6.54 Å². The van der Waals surface area contributed by atoms with Gasteiger partial charge < -0.3 is 10.1 Å². The lowest BCUT2D eigenvalue weighted by atomic mass is 9.99. The van der Waals surface area contributed by atoms with Gasteiger partial charge in [-0.2, -0.15) is 0 Å². The van der Waals surface area contributed by atoms with Gasteiger partial charge in [0.1, 0.15) is 0 Å². The molecule has 1 aliphatic rings. The van der Waals surface area contributed by atoms with Crippen LogP contribution in [0.15, 0.2) is 24.3 Å². The number of rotatable bonds is 3. The van der Waals surface area contributed by atoms with Crippen LogP contribution >= 0.6 is 0 Å². The zero-order valence-corrected chi connectivity index (χ0v) is 10.2. The van der Waals surface area contributed by atoms with E-state index in [4.69, 9.17) is 4.74 Å². The molecule has 2 rings (SSSR count). The molecule has 1 N–H and O–H groups in total. The lowest BCUT2D eigenvalue weighted by molar-refractivity contribution is 0.00756. The van der Waals surface area contributed by atoms with Crippen LogP contribution in [-0.4, -0.2) is 19.3 Å². The first-order valence-electron chi connectivity index (χ1n) is 6.25. The summed E-state index contributed by atoms with van der Waals surface area (Å²) < 4.78 is 5.66. The third-order valence-corrected chi connectivity index (χ3v) is 3.19. The smallest absolute Gasteiger partial charge is 0.0742 e. The molecule has 16 heavy (non-hydrogen) atoms. The maximum atomic E-state index is 5.66. The Labute approximate surface area is 98.0 Å². The lowest BCUT2D eigenvalue weighted by Gasteiger charge is -2.30. The molecule has 1 fully saturated rings. The van der Waals surface area contributed by atoms with E-state index in [1.54, 1.807) is 0 Å². The first kappa shape index (κ1) is 11.6. The Balaban J connectivity index is 2.08. The van der Waals surface area contributed by atoms with Crippen molar-refractivity contribution in [3.05, 3.63) is 35.4 Å². The predicted molar refractivity (Wildman–Crippen MR) is 66.6 cm³/mol. The van der Waals surface area contributed by atoms with Gasteiger partial charge in [0.15, 0.2) is 0 Å². The van der Waals surface area contributed by atoms with Gasteiger partial charge >= 0.3 is 0 Å². The molecule has 0 spiro atoms. The van der Waals surface area contributed by atoms with E-state index >= 15 is 0 Å². The average Bonchev–Trinajstić information content (AvgIpc) is 2.31. The number of nitrogens with one attached hydrogen (secondary N) is 1. The number of benzene rings is 1. The van der Waals surface area contributed by atoms with E-state index in [9.17, 15) is 0 Å². The fourth-order valence-electron chi connectivity index (χ4n) is 2.29. The van der Waals surface area contributed by atoms with Gasteiger partial charge in [-0.3, -0.25) is 0 Å². The van der Waals surface area contributed by atoms with Crippen LogP contribution in [0.1, 0.15) is 37.4 Å². The largest absolute Gasteiger partial charge is 0.375 e. The van der Waals surface area contributed by atoms with Crippen LogP contribution in [0.3, 0.4) is 0 Å². The second-order valence-electron chi connectivity index (χ2n) is 4.50. The predicted octanol–water partition coefficient (Wildman–Crippen LogP) is 2.69. The quantitative estimate of drug-likeness (QED) is 0.844. The minimum atomic E-state index is 0.269. The maximum Gasteiger partial charge on any atom is 0.0742 e. The van der Waals surface area contributed by atoms with Gasteiger partial charge in [0.25, 0.3) is 0 Å². The van der Waals surface area contributed by atoms with Crippen molar-refractivity contribution in [2.45, 2.75) is 38.8 Å². The van der Waals surface area contributed by atoms with Crippen LogP contribution < -0.4 is 5.32 Å². The van der Waals surface area contributed by atoms with Gasteiger partial charge in [-0.05, 0) is 24.5 Å². The van der Waals surface area contributed by atoms with Crippen molar-refractivity contribution in [3.63, 3.8) is 0 Å². The van der Waals surface area contributed by atoms with Crippen LogP contribution in [0, 0.1) is 0 Å². The van der Waals surface area contributed by atoms with E-state index in [0.717, 1.165) is 13.2 Å². The van der Waals surface area contributed by atoms with Crippen molar-refractivity contribution in [3.8, 4) is 0 Å². The zero-order chi connectivity index (χ0) is 11.4. The van der Waals surface area contributed by atoms with Crippen LogP contribution in [0.2, 0.25) is 0 Å². The van der Waals surface area contributed by atoms with Crippen LogP contribution in [0.25, 0.3) is 0 Å². The third kappa shape index (κ3) is 2.63. The van der Waals surface area contributed by atoms with Crippen molar-refractivity contribution in [1.29, 1.82) is 0 Å². The molecule has 0 radical (unpaired) electrons. The summed E-state index contributed by atoms with van der Waals surface area (Å²) in [4.78, 5) is 0. The fourth-order valence-corrected chi connectivity index (χ4v) is 2.29. The second kappa shape index (κ2) is 5.46. The van der Waals surface area contributed by atoms with Crippen LogP contribution in [0.4, 0.5) is 0 Å². The summed E-state index contributed by atoms with van der Waals surface area (Å²) in [7, 11) is 0. The highest BCUT2D eigenvalue weighted by atomic mass is 16.5. The summed E-state index contributed by atoms with van der Waals surface area (Å²) in [5.74, 6) is 0. The number of aryl methyl sites for hydroxylation is 1. The molecule has 1 aromatic carbocycles. The number of hydrogen-bond acceptors (Lipinski definition) is 2. The Bertz CT molecular complexity index is 320. The van der Waals surface area contributed by atoms with Crippen molar-refractivity contribution in [2.75, 3.05) is 13.2 Å². The Morgan fingerprint density at radius 3 is 2.69 bits per heavy atom. The van der Waals surface area contributed by atoms with E-state index in [0.29, 0.717) is 6.04 Å². The summed E-state index contributed by atoms with van der Waals surface area (Å²) in [6.45, 7) is 6.13. The molecule has 1 heterocycles. The fraction of sp³-hybridized carbons (Fsp3) is 0.571. The molecule has 1 saturated heterocycles. The summed E-state index contributed by atoms with van der Waals surface area (Å²) in [6, 6.07) is 9.29.